The maximum atomic E-state index is 14.2. The Morgan fingerprint density at radius 2 is 1.85 bits per heavy atom. The van der Waals surface area contributed by atoms with Crippen LogP contribution >= 0.6 is 0 Å². The maximum Gasteiger partial charge on any atom is 0.249 e. The van der Waals surface area contributed by atoms with E-state index in [0.29, 0.717) is 34.7 Å². The van der Waals surface area contributed by atoms with E-state index in [1.54, 1.807) is 6.20 Å². The molecule has 262 valence electrons. The number of allylic oxidation sites excluding steroid dienone is 1. The van der Waals surface area contributed by atoms with Crippen LogP contribution in [0.5, 0.6) is 5.75 Å². The van der Waals surface area contributed by atoms with Gasteiger partial charge in [-0.05, 0) is 46.6 Å². The van der Waals surface area contributed by atoms with Crippen molar-refractivity contribution >= 4 is 23.1 Å². The van der Waals surface area contributed by atoms with E-state index in [4.69, 9.17) is 29.3 Å². The van der Waals surface area contributed by atoms with Gasteiger partial charge in [-0.15, -0.1) is 0 Å². The molecule has 0 saturated heterocycles. The lowest BCUT2D eigenvalue weighted by Gasteiger charge is -2.29. The molecular formula is C41H38N6O5. The molecule has 10 rings (SSSR count). The van der Waals surface area contributed by atoms with Crippen molar-refractivity contribution in [1.82, 2.24) is 20.6 Å². The highest BCUT2D eigenvalue weighted by Crippen LogP contribution is 2.61. The van der Waals surface area contributed by atoms with E-state index >= 15 is 0 Å². The first-order valence-corrected chi connectivity index (χ1v) is 18.0. The van der Waals surface area contributed by atoms with Crippen LogP contribution in [0.15, 0.2) is 75.7 Å². The fourth-order valence-electron chi connectivity index (χ4n) is 8.68. The Hall–Kier alpha value is -5.68. The number of carbonyl (C=O) groups is 2. The van der Waals surface area contributed by atoms with Crippen LogP contribution in [0.25, 0.3) is 28.3 Å². The molecule has 2 aromatic heterocycles. The van der Waals surface area contributed by atoms with Gasteiger partial charge >= 0.3 is 0 Å². The number of ether oxygens (including phenoxy) is 1. The third kappa shape index (κ3) is 4.16. The van der Waals surface area contributed by atoms with Crippen molar-refractivity contribution in [3.63, 3.8) is 0 Å². The van der Waals surface area contributed by atoms with Crippen molar-refractivity contribution < 1.29 is 23.2 Å². The molecule has 0 radical (unpaired) electrons. The highest BCUT2D eigenvalue weighted by atomic mass is 16.5. The lowest BCUT2D eigenvalue weighted by molar-refractivity contribution is -0.130. The molecule has 5 N–H and O–H groups in total. The van der Waals surface area contributed by atoms with Crippen molar-refractivity contribution in [2.45, 2.75) is 70.3 Å². The molecule has 4 aliphatic heterocycles. The van der Waals surface area contributed by atoms with E-state index in [2.05, 4.69) is 64.5 Å². The van der Waals surface area contributed by atoms with Crippen LogP contribution < -0.4 is 26.4 Å². The Bertz CT molecular complexity index is 2390. The zero-order valence-electron chi connectivity index (χ0n) is 29.2. The molecule has 2 amide bonds. The van der Waals surface area contributed by atoms with E-state index in [0.717, 1.165) is 51.1 Å². The number of hydrogen-bond acceptors (Lipinski definition) is 9. The first kappa shape index (κ1) is 31.1. The van der Waals surface area contributed by atoms with Gasteiger partial charge in [-0.1, -0.05) is 82.3 Å². The molecule has 2 unspecified atom stereocenters. The van der Waals surface area contributed by atoms with Crippen molar-refractivity contribution in [3.8, 4) is 28.5 Å². The topological polar surface area (TPSA) is 158 Å². The average molecular weight is 695 g/mol. The number of para-hydroxylation sites is 1. The van der Waals surface area contributed by atoms with E-state index in [1.165, 1.54) is 5.56 Å². The van der Waals surface area contributed by atoms with Gasteiger partial charge in [-0.25, -0.2) is 9.97 Å². The summed E-state index contributed by atoms with van der Waals surface area (Å²) in [5.41, 5.74) is 14.7. The number of nitrogens with two attached hydrogens (primary N) is 1. The van der Waals surface area contributed by atoms with Crippen molar-refractivity contribution in [2.75, 3.05) is 5.32 Å². The number of aromatic nitrogens is 2. The number of fused-ring (bicyclic) bond motifs is 7. The number of oxazole rings is 2. The second-order valence-electron chi connectivity index (χ2n) is 15.2. The van der Waals surface area contributed by atoms with Gasteiger partial charge in [0.05, 0.1) is 12.2 Å². The van der Waals surface area contributed by atoms with Crippen molar-refractivity contribution in [1.29, 1.82) is 0 Å². The van der Waals surface area contributed by atoms with Crippen LogP contribution in [0.4, 0.5) is 5.69 Å². The zero-order chi connectivity index (χ0) is 35.6. The molecule has 0 saturated carbocycles. The molecule has 1 aliphatic carbocycles. The smallest absolute Gasteiger partial charge is 0.249 e. The largest absolute Gasteiger partial charge is 0.469 e. The molecular weight excluding hydrogens is 656 g/mol. The summed E-state index contributed by atoms with van der Waals surface area (Å²) in [5.74, 6) is 1.46. The summed E-state index contributed by atoms with van der Waals surface area (Å²) in [5, 5.41) is 9.93. The summed E-state index contributed by atoms with van der Waals surface area (Å²) in [6.45, 7) is 7.75. The number of hydrogen-bond donors (Lipinski definition) is 4. The van der Waals surface area contributed by atoms with Crippen molar-refractivity contribution in [3.05, 3.63) is 112 Å². The normalized spacial score (nSPS) is 23.4. The fourth-order valence-corrected chi connectivity index (χ4v) is 8.68. The monoisotopic (exact) mass is 694 g/mol. The maximum absolute atomic E-state index is 14.2. The molecule has 3 aromatic carbocycles. The summed E-state index contributed by atoms with van der Waals surface area (Å²) < 4.78 is 20.5. The molecule has 11 nitrogen and oxygen atoms in total. The Balaban J connectivity index is 1.27. The molecule has 5 atom stereocenters. The number of benzene rings is 3. The van der Waals surface area contributed by atoms with Crippen LogP contribution in [0, 0.1) is 11.8 Å². The van der Waals surface area contributed by atoms with Gasteiger partial charge in [0, 0.05) is 34.4 Å². The fraction of sp³-hybridized carbons (Fsp3) is 0.317. The second kappa shape index (κ2) is 10.9. The average Bonchev–Trinajstić information content (AvgIpc) is 3.95. The first-order valence-electron chi connectivity index (χ1n) is 18.0. The Labute approximate surface area is 300 Å². The Kier molecular flexibility index (Phi) is 6.52. The first-order chi connectivity index (χ1) is 25.1. The number of rotatable bonds is 4. The minimum Gasteiger partial charge on any atom is -0.469 e. The number of carbonyl (C=O) groups excluding carboxylic acids is 2. The van der Waals surface area contributed by atoms with Gasteiger partial charge in [-0.2, -0.15) is 0 Å². The lowest BCUT2D eigenvalue weighted by Crippen LogP contribution is -2.54. The molecule has 5 aromatic rings. The van der Waals surface area contributed by atoms with Crippen LogP contribution in [-0.2, 0) is 27.8 Å². The second-order valence-corrected chi connectivity index (χ2v) is 15.2. The predicted molar refractivity (Wildman–Crippen MR) is 193 cm³/mol. The number of anilines is 1. The molecule has 52 heavy (non-hydrogen) atoms. The number of nitrogens with zero attached hydrogens (tertiary/aromatic N) is 2. The quantitative estimate of drug-likeness (QED) is 0.188. The van der Waals surface area contributed by atoms with Gasteiger partial charge in [-0.3, -0.25) is 9.59 Å². The minimum absolute atomic E-state index is 0.110. The van der Waals surface area contributed by atoms with Crippen LogP contribution in [0.2, 0.25) is 0 Å². The van der Waals surface area contributed by atoms with E-state index < -0.39 is 29.8 Å². The predicted octanol–water partition coefficient (Wildman–Crippen LogP) is 5.61. The molecule has 1 spiro atoms. The van der Waals surface area contributed by atoms with E-state index in [1.807, 2.05) is 39.8 Å². The zero-order valence-corrected chi connectivity index (χ0v) is 29.2. The third-order valence-corrected chi connectivity index (χ3v) is 11.4. The minimum atomic E-state index is -1.02. The van der Waals surface area contributed by atoms with Gasteiger partial charge in [0.2, 0.25) is 23.6 Å². The van der Waals surface area contributed by atoms with Gasteiger partial charge in [0.1, 0.15) is 23.2 Å². The summed E-state index contributed by atoms with van der Waals surface area (Å²) in [7, 11) is 0. The van der Waals surface area contributed by atoms with Gasteiger partial charge in [0.15, 0.2) is 23.4 Å². The van der Waals surface area contributed by atoms with E-state index in [-0.39, 0.29) is 30.1 Å². The van der Waals surface area contributed by atoms with Gasteiger partial charge < -0.3 is 35.3 Å². The van der Waals surface area contributed by atoms with Gasteiger partial charge in [0.25, 0.3) is 0 Å². The van der Waals surface area contributed by atoms with Crippen LogP contribution in [-0.4, -0.2) is 40.1 Å². The summed E-state index contributed by atoms with van der Waals surface area (Å²) in [6.07, 6.45) is 4.36. The molecule has 6 heterocycles. The third-order valence-electron chi connectivity index (χ3n) is 11.4. The van der Waals surface area contributed by atoms with Crippen LogP contribution in [0.1, 0.15) is 79.0 Å². The lowest BCUT2D eigenvalue weighted by atomic mass is 9.72. The Morgan fingerprint density at radius 1 is 1.02 bits per heavy atom. The Morgan fingerprint density at radius 3 is 2.67 bits per heavy atom. The highest BCUT2D eigenvalue weighted by Gasteiger charge is 2.61. The molecule has 5 aliphatic rings. The summed E-state index contributed by atoms with van der Waals surface area (Å²) in [4.78, 5) is 37.5. The molecule has 11 heteroatoms. The highest BCUT2D eigenvalue weighted by molar-refractivity contribution is 5.97. The number of amides is 2. The summed E-state index contributed by atoms with van der Waals surface area (Å²) in [6, 6.07) is 16.4. The molecule has 0 fully saturated rings. The standard InChI is InChI=1S/C41H38N6O5/c1-18(2)31(42)37(49)44-27-16-20-11-14-28-26(15-20)41-25-10-6-9-23(33(25)47-40(41)51-28)22-8-5-7-21-12-13-24(30(21)22)29-17-43-38(50-29)34-35(41)52-39(46-34)32(19(3)4)45-36(27)48/h5-11,13-15,17-19,27,31-32,40,47H,12,16,42H2,1-4H3,(H,44,49)(H,45,48)/t27?,31-,32-,40-,41?/m0/s1. The SMILES string of the molecule is CC(C)[C@H](N)C(=O)NC1Cc2ccc3c(c2)C24c5cccc(c5N[C@H]2O3)-c2cccc3c2C(=CC3)c2cnc(o2)-c2nc(oc24)[C@H](C(C)C)NC1=O. The summed E-state index contributed by atoms with van der Waals surface area (Å²) >= 11 is 0. The van der Waals surface area contributed by atoms with Crippen molar-refractivity contribution in [2.24, 2.45) is 17.6 Å². The van der Waals surface area contributed by atoms with Crippen LogP contribution in [0.3, 0.4) is 0 Å². The molecule has 10 bridgehead atoms. The number of nitrogens with one attached hydrogen (secondary N) is 3. The van der Waals surface area contributed by atoms with E-state index in [9.17, 15) is 9.59 Å².